The number of anilines is 3. The van der Waals surface area contributed by atoms with E-state index in [-0.39, 0.29) is 5.41 Å². The van der Waals surface area contributed by atoms with Gasteiger partial charge in [-0.15, -0.1) is 0 Å². The van der Waals surface area contributed by atoms with Crippen molar-refractivity contribution in [3.8, 4) is 33.4 Å². The zero-order valence-corrected chi connectivity index (χ0v) is 28.6. The zero-order valence-electron chi connectivity index (χ0n) is 28.6. The van der Waals surface area contributed by atoms with E-state index in [2.05, 4.69) is 189 Å². The molecule has 0 saturated heterocycles. The molecule has 0 radical (unpaired) electrons. The molecule has 8 aromatic carbocycles. The second-order valence-corrected chi connectivity index (χ2v) is 14.1. The lowest BCUT2D eigenvalue weighted by atomic mass is 9.82. The molecule has 0 fully saturated rings. The van der Waals surface area contributed by atoms with Gasteiger partial charge in [-0.2, -0.15) is 0 Å². The summed E-state index contributed by atoms with van der Waals surface area (Å²) in [6.45, 7) is 4.70. The molecule has 1 aliphatic rings. The third-order valence-corrected chi connectivity index (χ3v) is 10.9. The Hall–Kier alpha value is -6.38. The van der Waals surface area contributed by atoms with Crippen molar-refractivity contribution in [2.24, 2.45) is 0 Å². The molecule has 0 saturated carbocycles. The number of fused-ring (bicyclic) bond motifs is 7. The molecule has 0 spiro atoms. The first-order chi connectivity index (χ1) is 25.1. The Morgan fingerprint density at radius 1 is 0.451 bits per heavy atom. The number of para-hydroxylation sites is 3. The smallest absolute Gasteiger partial charge is 0.159 e. The van der Waals surface area contributed by atoms with Crippen molar-refractivity contribution in [1.82, 2.24) is 0 Å². The van der Waals surface area contributed by atoms with Crippen molar-refractivity contribution in [2.45, 2.75) is 19.3 Å². The molecule has 1 heterocycles. The van der Waals surface area contributed by atoms with Gasteiger partial charge in [0.15, 0.2) is 5.58 Å². The summed E-state index contributed by atoms with van der Waals surface area (Å²) < 4.78 is 6.73. The predicted molar refractivity (Wildman–Crippen MR) is 214 cm³/mol. The van der Waals surface area contributed by atoms with Crippen LogP contribution >= 0.6 is 0 Å². The lowest BCUT2D eigenvalue weighted by Crippen LogP contribution is -2.15. The van der Waals surface area contributed by atoms with Crippen LogP contribution in [-0.4, -0.2) is 0 Å². The molecule has 1 aliphatic carbocycles. The minimum atomic E-state index is -0.0940. The van der Waals surface area contributed by atoms with E-state index in [1.54, 1.807) is 0 Å². The highest BCUT2D eigenvalue weighted by Gasteiger charge is 2.37. The molecule has 0 N–H and O–H groups in total. The first-order valence-corrected chi connectivity index (χ1v) is 17.7. The number of hydrogen-bond acceptors (Lipinski definition) is 2. The van der Waals surface area contributed by atoms with Gasteiger partial charge in [0.2, 0.25) is 0 Å². The third-order valence-electron chi connectivity index (χ3n) is 10.9. The van der Waals surface area contributed by atoms with Crippen LogP contribution in [0.15, 0.2) is 180 Å². The van der Waals surface area contributed by atoms with Gasteiger partial charge in [-0.3, -0.25) is 0 Å². The summed E-state index contributed by atoms with van der Waals surface area (Å²) in [7, 11) is 0. The zero-order chi connectivity index (χ0) is 34.1. The molecular formula is C49H35NO. The summed E-state index contributed by atoms with van der Waals surface area (Å²) in [4.78, 5) is 2.40. The van der Waals surface area contributed by atoms with E-state index in [1.165, 1.54) is 55.3 Å². The molecule has 0 bridgehead atoms. The normalized spacial score (nSPS) is 13.1. The standard InChI is InChI=1S/C49H35NO/c1-49(2)42-26-8-5-22-41(42)47-39(24-13-27-43(47)49)37-20-6-9-28-44(37)50(45-29-14-25-40-38-21-7-10-30-46(38)51-48(40)45)34-18-11-17-33(31-34)36-23-12-16-32-15-3-4-19-35(32)36/h3-31H,1-2H3. The van der Waals surface area contributed by atoms with E-state index in [0.29, 0.717) is 0 Å². The molecule has 10 rings (SSSR count). The van der Waals surface area contributed by atoms with E-state index in [4.69, 9.17) is 4.42 Å². The minimum absolute atomic E-state index is 0.0940. The molecule has 0 amide bonds. The van der Waals surface area contributed by atoms with E-state index in [0.717, 1.165) is 39.0 Å². The first-order valence-electron chi connectivity index (χ1n) is 17.7. The Morgan fingerprint density at radius 2 is 1.06 bits per heavy atom. The van der Waals surface area contributed by atoms with Gasteiger partial charge < -0.3 is 9.32 Å². The quantitative estimate of drug-likeness (QED) is 0.184. The molecule has 0 unspecified atom stereocenters. The molecule has 0 aliphatic heterocycles. The minimum Gasteiger partial charge on any atom is -0.454 e. The Kier molecular flexibility index (Phi) is 6.56. The highest BCUT2D eigenvalue weighted by Crippen LogP contribution is 2.54. The Bertz CT molecular complexity index is 2800. The molecular weight excluding hydrogens is 619 g/mol. The van der Waals surface area contributed by atoms with Crippen LogP contribution in [0.25, 0.3) is 66.1 Å². The molecule has 1 aromatic heterocycles. The van der Waals surface area contributed by atoms with Crippen LogP contribution < -0.4 is 4.90 Å². The van der Waals surface area contributed by atoms with Crippen LogP contribution in [0.5, 0.6) is 0 Å². The predicted octanol–water partition coefficient (Wildman–Crippen LogP) is 13.8. The van der Waals surface area contributed by atoms with E-state index >= 15 is 0 Å². The van der Waals surface area contributed by atoms with Gasteiger partial charge in [0.25, 0.3) is 0 Å². The fourth-order valence-corrected chi connectivity index (χ4v) is 8.48. The lowest BCUT2D eigenvalue weighted by Gasteiger charge is -2.29. The number of hydrogen-bond donors (Lipinski definition) is 0. The summed E-state index contributed by atoms with van der Waals surface area (Å²) in [5.41, 5.74) is 15.0. The van der Waals surface area contributed by atoms with Gasteiger partial charge in [0, 0.05) is 27.4 Å². The van der Waals surface area contributed by atoms with Crippen molar-refractivity contribution in [1.29, 1.82) is 0 Å². The average Bonchev–Trinajstić information content (AvgIpc) is 3.68. The molecule has 242 valence electrons. The summed E-state index contributed by atoms with van der Waals surface area (Å²) in [5.74, 6) is 0. The van der Waals surface area contributed by atoms with Gasteiger partial charge in [-0.25, -0.2) is 0 Å². The third kappa shape index (κ3) is 4.50. The highest BCUT2D eigenvalue weighted by atomic mass is 16.3. The molecule has 9 aromatic rings. The van der Waals surface area contributed by atoms with Gasteiger partial charge in [-0.1, -0.05) is 159 Å². The number of furan rings is 1. The van der Waals surface area contributed by atoms with Crippen LogP contribution in [0, 0.1) is 0 Å². The number of nitrogens with zero attached hydrogens (tertiary/aromatic N) is 1. The van der Waals surface area contributed by atoms with Crippen molar-refractivity contribution in [3.05, 3.63) is 187 Å². The molecule has 2 nitrogen and oxygen atoms in total. The summed E-state index contributed by atoms with van der Waals surface area (Å²) >= 11 is 0. The van der Waals surface area contributed by atoms with Gasteiger partial charge in [0.1, 0.15) is 5.58 Å². The van der Waals surface area contributed by atoms with E-state index in [9.17, 15) is 0 Å². The largest absolute Gasteiger partial charge is 0.454 e. The van der Waals surface area contributed by atoms with Gasteiger partial charge in [0.05, 0.1) is 11.4 Å². The SMILES string of the molecule is CC1(C)c2ccccc2-c2c(-c3ccccc3N(c3cccc(-c4cccc5ccccc45)c3)c3cccc4c3oc3ccccc34)cccc21. The summed E-state index contributed by atoms with van der Waals surface area (Å²) in [5, 5.41) is 4.69. The molecule has 51 heavy (non-hydrogen) atoms. The van der Waals surface area contributed by atoms with Crippen LogP contribution in [0.4, 0.5) is 17.1 Å². The van der Waals surface area contributed by atoms with Crippen molar-refractivity contribution in [2.75, 3.05) is 4.90 Å². The maximum Gasteiger partial charge on any atom is 0.159 e. The monoisotopic (exact) mass is 653 g/mol. The summed E-state index contributed by atoms with van der Waals surface area (Å²) in [6.07, 6.45) is 0. The van der Waals surface area contributed by atoms with Crippen molar-refractivity contribution >= 4 is 49.8 Å². The second-order valence-electron chi connectivity index (χ2n) is 14.1. The van der Waals surface area contributed by atoms with E-state index in [1.807, 2.05) is 6.07 Å². The maximum absolute atomic E-state index is 6.73. The highest BCUT2D eigenvalue weighted by molar-refractivity contribution is 6.11. The van der Waals surface area contributed by atoms with Crippen LogP contribution in [0.1, 0.15) is 25.0 Å². The lowest BCUT2D eigenvalue weighted by molar-refractivity contribution is 0.660. The van der Waals surface area contributed by atoms with Crippen LogP contribution in [-0.2, 0) is 5.41 Å². The van der Waals surface area contributed by atoms with Crippen LogP contribution in [0.3, 0.4) is 0 Å². The Balaban J connectivity index is 1.26. The van der Waals surface area contributed by atoms with Crippen molar-refractivity contribution in [3.63, 3.8) is 0 Å². The average molecular weight is 654 g/mol. The fraction of sp³-hybridized carbons (Fsp3) is 0.0612. The topological polar surface area (TPSA) is 16.4 Å². The van der Waals surface area contributed by atoms with Gasteiger partial charge in [-0.05, 0) is 80.0 Å². The fourth-order valence-electron chi connectivity index (χ4n) is 8.48. The summed E-state index contributed by atoms with van der Waals surface area (Å²) in [6, 6.07) is 63.6. The van der Waals surface area contributed by atoms with Crippen molar-refractivity contribution < 1.29 is 4.42 Å². The van der Waals surface area contributed by atoms with Crippen LogP contribution in [0.2, 0.25) is 0 Å². The molecule has 2 heteroatoms. The molecule has 0 atom stereocenters. The number of benzene rings is 8. The number of rotatable bonds is 5. The Labute approximate surface area is 297 Å². The first kappa shape index (κ1) is 29.5. The second kappa shape index (κ2) is 11.3. The van der Waals surface area contributed by atoms with E-state index < -0.39 is 0 Å². The maximum atomic E-state index is 6.73. The van der Waals surface area contributed by atoms with Gasteiger partial charge >= 0.3 is 0 Å². The Morgan fingerprint density at radius 3 is 1.98 bits per heavy atom.